The summed E-state index contributed by atoms with van der Waals surface area (Å²) >= 11 is 0. The Labute approximate surface area is 113 Å². The van der Waals surface area contributed by atoms with E-state index in [-0.39, 0.29) is 12.4 Å². The van der Waals surface area contributed by atoms with Crippen LogP contribution < -0.4 is 17.0 Å². The molecule has 0 saturated heterocycles. The van der Waals surface area contributed by atoms with Gasteiger partial charge >= 0.3 is 0 Å². The summed E-state index contributed by atoms with van der Waals surface area (Å²) in [6, 6.07) is 4.41. The number of aromatic nitrogens is 1. The highest BCUT2D eigenvalue weighted by Crippen LogP contribution is 2.03. The molecule has 0 N–H and O–H groups in total. The molecule has 0 aliphatic rings. The second kappa shape index (κ2) is 10.6. The van der Waals surface area contributed by atoms with E-state index in [1.807, 2.05) is 0 Å². The molecule has 2 heteroatoms. The Morgan fingerprint density at radius 2 is 1.76 bits per heavy atom. The first kappa shape index (κ1) is 16.4. The smallest absolute Gasteiger partial charge is 0.171 e. The second-order valence-electron chi connectivity index (χ2n) is 4.61. The lowest BCUT2D eigenvalue weighted by Gasteiger charge is -2.00. The van der Waals surface area contributed by atoms with E-state index in [2.05, 4.69) is 42.9 Å². The van der Waals surface area contributed by atoms with Crippen LogP contribution in [0.1, 0.15) is 57.9 Å². The van der Waals surface area contributed by atoms with Gasteiger partial charge in [-0.25, -0.2) is 4.57 Å². The van der Waals surface area contributed by atoms with Crippen LogP contribution in [-0.2, 0) is 13.0 Å². The van der Waals surface area contributed by atoms with Gasteiger partial charge in [0, 0.05) is 18.1 Å². The summed E-state index contributed by atoms with van der Waals surface area (Å²) in [5.41, 5.74) is 1.47. The third kappa shape index (κ3) is 7.38. The van der Waals surface area contributed by atoms with Crippen LogP contribution in [0.4, 0.5) is 0 Å². The van der Waals surface area contributed by atoms with Gasteiger partial charge in [-0.2, -0.15) is 0 Å². The third-order valence-corrected chi connectivity index (χ3v) is 2.98. The zero-order chi connectivity index (χ0) is 11.6. The maximum Gasteiger partial charge on any atom is 0.171 e. The van der Waals surface area contributed by atoms with Gasteiger partial charge in [-0.05, 0) is 18.9 Å². The van der Waals surface area contributed by atoms with Gasteiger partial charge in [0.2, 0.25) is 0 Å². The van der Waals surface area contributed by atoms with Crippen molar-refractivity contribution in [3.63, 3.8) is 0 Å². The molecule has 0 bridgehead atoms. The number of unbranched alkanes of at least 4 members (excludes halogenated alkanes) is 4. The van der Waals surface area contributed by atoms with E-state index in [9.17, 15) is 0 Å². The number of aryl methyl sites for hydroxylation is 2. The minimum absolute atomic E-state index is 0. The van der Waals surface area contributed by atoms with Gasteiger partial charge in [-0.3, -0.25) is 0 Å². The van der Waals surface area contributed by atoms with Crippen LogP contribution in [0.2, 0.25) is 0 Å². The highest BCUT2D eigenvalue weighted by molar-refractivity contribution is 5.04. The van der Waals surface area contributed by atoms with Gasteiger partial charge in [0.25, 0.3) is 0 Å². The number of hydrogen-bond acceptors (Lipinski definition) is 0. The second-order valence-corrected chi connectivity index (χ2v) is 4.61. The lowest BCUT2D eigenvalue weighted by molar-refractivity contribution is -0.697. The van der Waals surface area contributed by atoms with Gasteiger partial charge in [-0.1, -0.05) is 39.5 Å². The zero-order valence-corrected chi connectivity index (χ0v) is 12.0. The topological polar surface area (TPSA) is 3.88 Å². The Morgan fingerprint density at radius 3 is 2.47 bits per heavy atom. The van der Waals surface area contributed by atoms with Gasteiger partial charge in [0.1, 0.15) is 6.54 Å². The van der Waals surface area contributed by atoms with Crippen molar-refractivity contribution in [3.8, 4) is 0 Å². The third-order valence-electron chi connectivity index (χ3n) is 2.98. The summed E-state index contributed by atoms with van der Waals surface area (Å²) in [6.45, 7) is 5.69. The van der Waals surface area contributed by atoms with Crippen molar-refractivity contribution in [3.05, 3.63) is 30.1 Å². The first-order valence-corrected chi connectivity index (χ1v) is 6.84. The molecule has 0 aliphatic carbocycles. The zero-order valence-electron chi connectivity index (χ0n) is 11.3. The first-order chi connectivity index (χ1) is 7.86. The predicted octanol–water partition coefficient (Wildman–Crippen LogP) is 0.901. The maximum atomic E-state index is 2.34. The molecule has 1 aromatic rings. The number of hydrogen-bond donors (Lipinski definition) is 0. The molecule has 17 heavy (non-hydrogen) atoms. The molecule has 1 rings (SSSR count). The monoisotopic (exact) mass is 255 g/mol. The van der Waals surface area contributed by atoms with E-state index < -0.39 is 0 Å². The number of halogens is 1. The van der Waals surface area contributed by atoms with Crippen LogP contribution >= 0.6 is 0 Å². The number of rotatable bonds is 8. The molecule has 0 amide bonds. The SMILES string of the molecule is CCCCCCC[n+]1cccc(CCC)c1.[Cl-]. The van der Waals surface area contributed by atoms with Crippen LogP contribution in [0.5, 0.6) is 0 Å². The molecule has 0 spiro atoms. The van der Waals surface area contributed by atoms with Crippen LogP contribution in [0.25, 0.3) is 0 Å². The molecule has 0 aliphatic heterocycles. The predicted molar refractivity (Wildman–Crippen MR) is 69.4 cm³/mol. The molecule has 0 saturated carbocycles. The van der Waals surface area contributed by atoms with Gasteiger partial charge in [-0.15, -0.1) is 0 Å². The molecule has 0 fully saturated rings. The van der Waals surface area contributed by atoms with Crippen molar-refractivity contribution in [2.24, 2.45) is 0 Å². The summed E-state index contributed by atoms with van der Waals surface area (Å²) in [5.74, 6) is 0. The van der Waals surface area contributed by atoms with Crippen LogP contribution in [0, 0.1) is 0 Å². The van der Waals surface area contributed by atoms with Crippen LogP contribution in [0.15, 0.2) is 24.5 Å². The summed E-state index contributed by atoms with van der Waals surface area (Å²) in [7, 11) is 0. The lowest BCUT2D eigenvalue weighted by atomic mass is 10.1. The molecule has 1 heterocycles. The van der Waals surface area contributed by atoms with Crippen LogP contribution in [0.3, 0.4) is 0 Å². The Bertz CT molecular complexity index is 286. The standard InChI is InChI=1S/C15H26N.ClH/c1-3-5-6-7-8-12-16-13-9-11-15(14-16)10-4-2;/h9,11,13-14H,3-8,10,12H2,1-2H3;1H/q+1;/p-1. The molecular formula is C15H26ClN. The minimum Gasteiger partial charge on any atom is -1.00 e. The Balaban J connectivity index is 0.00000256. The van der Waals surface area contributed by atoms with Crippen molar-refractivity contribution in [1.82, 2.24) is 0 Å². The quantitative estimate of drug-likeness (QED) is 0.480. The van der Waals surface area contributed by atoms with E-state index in [1.165, 1.54) is 57.1 Å². The number of pyridine rings is 1. The van der Waals surface area contributed by atoms with Gasteiger partial charge < -0.3 is 12.4 Å². The fraction of sp³-hybridized carbons (Fsp3) is 0.667. The molecule has 0 radical (unpaired) electrons. The largest absolute Gasteiger partial charge is 1.00 e. The fourth-order valence-electron chi connectivity index (χ4n) is 2.05. The minimum atomic E-state index is 0. The molecule has 1 nitrogen and oxygen atoms in total. The summed E-state index contributed by atoms with van der Waals surface area (Å²) in [4.78, 5) is 0. The molecule has 0 aromatic carbocycles. The Hall–Kier alpha value is -0.560. The molecule has 0 unspecified atom stereocenters. The fourth-order valence-corrected chi connectivity index (χ4v) is 2.05. The van der Waals surface area contributed by atoms with Gasteiger partial charge in [0.05, 0.1) is 0 Å². The van der Waals surface area contributed by atoms with Crippen molar-refractivity contribution in [2.75, 3.05) is 0 Å². The van der Waals surface area contributed by atoms with Crippen LogP contribution in [-0.4, -0.2) is 0 Å². The summed E-state index contributed by atoms with van der Waals surface area (Å²) in [5, 5.41) is 0. The molecular weight excluding hydrogens is 230 g/mol. The number of nitrogens with zero attached hydrogens (tertiary/aromatic N) is 1. The average Bonchev–Trinajstić information content (AvgIpc) is 2.30. The van der Waals surface area contributed by atoms with Crippen molar-refractivity contribution < 1.29 is 17.0 Å². The van der Waals surface area contributed by atoms with E-state index in [0.29, 0.717) is 0 Å². The first-order valence-electron chi connectivity index (χ1n) is 6.84. The van der Waals surface area contributed by atoms with E-state index >= 15 is 0 Å². The van der Waals surface area contributed by atoms with Crippen molar-refractivity contribution >= 4 is 0 Å². The normalized spacial score (nSPS) is 10.0. The highest BCUT2D eigenvalue weighted by Gasteiger charge is 2.01. The van der Waals surface area contributed by atoms with E-state index in [0.717, 1.165) is 0 Å². The summed E-state index contributed by atoms with van der Waals surface area (Å²) < 4.78 is 2.34. The van der Waals surface area contributed by atoms with Crippen molar-refractivity contribution in [2.45, 2.75) is 65.3 Å². The lowest BCUT2D eigenvalue weighted by Crippen LogP contribution is -3.00. The molecule has 1 aromatic heterocycles. The average molecular weight is 256 g/mol. The Morgan fingerprint density at radius 1 is 1.00 bits per heavy atom. The molecule has 98 valence electrons. The van der Waals surface area contributed by atoms with E-state index in [4.69, 9.17) is 0 Å². The van der Waals surface area contributed by atoms with Crippen molar-refractivity contribution in [1.29, 1.82) is 0 Å². The summed E-state index contributed by atoms with van der Waals surface area (Å²) in [6.07, 6.45) is 13.8. The van der Waals surface area contributed by atoms with Gasteiger partial charge in [0.15, 0.2) is 12.4 Å². The molecule has 0 atom stereocenters. The van der Waals surface area contributed by atoms with E-state index in [1.54, 1.807) is 0 Å². The highest BCUT2D eigenvalue weighted by atomic mass is 35.5. The maximum absolute atomic E-state index is 2.34. The Kier molecular flexibility index (Phi) is 10.2.